The fourth-order valence-electron chi connectivity index (χ4n) is 2.68. The third-order valence-electron chi connectivity index (χ3n) is 4.01. The second-order valence-electron chi connectivity index (χ2n) is 5.63. The standard InChI is InChI=1S/C17H24F2N4O2.HI/c1-3-25-17(24)23-10-8-22(9-11-23)16(20-2)21-7-6-13-4-5-14(18)12-15(13)19;/h4-5,12H,3,6-11H2,1-2H3,(H,20,21);1H. The van der Waals surface area contributed by atoms with Crippen molar-refractivity contribution in [3.8, 4) is 0 Å². The molecule has 1 aliphatic rings. The van der Waals surface area contributed by atoms with E-state index < -0.39 is 11.6 Å². The average Bonchev–Trinajstić information content (AvgIpc) is 2.61. The van der Waals surface area contributed by atoms with Crippen LogP contribution in [0.15, 0.2) is 23.2 Å². The monoisotopic (exact) mass is 482 g/mol. The summed E-state index contributed by atoms with van der Waals surface area (Å²) in [6.07, 6.45) is 0.130. The highest BCUT2D eigenvalue weighted by Crippen LogP contribution is 2.10. The van der Waals surface area contributed by atoms with Crippen molar-refractivity contribution in [3.63, 3.8) is 0 Å². The highest BCUT2D eigenvalue weighted by atomic mass is 127. The zero-order valence-electron chi connectivity index (χ0n) is 15.0. The Morgan fingerprint density at radius 3 is 2.46 bits per heavy atom. The zero-order chi connectivity index (χ0) is 18.2. The number of rotatable bonds is 4. The van der Waals surface area contributed by atoms with Gasteiger partial charge in [-0.25, -0.2) is 13.6 Å². The van der Waals surface area contributed by atoms with Gasteiger partial charge in [0, 0.05) is 45.8 Å². The average molecular weight is 482 g/mol. The number of carbonyl (C=O) groups excluding carboxylic acids is 1. The first kappa shape index (κ1) is 22.4. The second-order valence-corrected chi connectivity index (χ2v) is 5.63. The molecule has 1 heterocycles. The summed E-state index contributed by atoms with van der Waals surface area (Å²) < 4.78 is 31.5. The van der Waals surface area contributed by atoms with Gasteiger partial charge in [-0.05, 0) is 25.0 Å². The third kappa shape index (κ3) is 6.26. The molecule has 1 amide bonds. The van der Waals surface area contributed by atoms with Crippen molar-refractivity contribution in [3.05, 3.63) is 35.4 Å². The number of halogens is 3. The van der Waals surface area contributed by atoms with E-state index in [1.807, 2.05) is 4.90 Å². The molecule has 1 aliphatic heterocycles. The summed E-state index contributed by atoms with van der Waals surface area (Å²) in [5.74, 6) is -0.421. The molecule has 0 bridgehead atoms. The lowest BCUT2D eigenvalue weighted by Gasteiger charge is -2.35. The Morgan fingerprint density at radius 1 is 1.23 bits per heavy atom. The Morgan fingerprint density at radius 2 is 1.88 bits per heavy atom. The fourth-order valence-corrected chi connectivity index (χ4v) is 2.68. The summed E-state index contributed by atoms with van der Waals surface area (Å²) in [7, 11) is 1.68. The summed E-state index contributed by atoms with van der Waals surface area (Å²) in [4.78, 5) is 19.6. The smallest absolute Gasteiger partial charge is 0.409 e. The molecule has 0 radical (unpaired) electrons. The van der Waals surface area contributed by atoms with Crippen molar-refractivity contribution in [2.45, 2.75) is 13.3 Å². The molecule has 146 valence electrons. The van der Waals surface area contributed by atoms with Gasteiger partial charge in [0.05, 0.1) is 6.61 Å². The van der Waals surface area contributed by atoms with Gasteiger partial charge in [-0.2, -0.15) is 0 Å². The minimum absolute atomic E-state index is 0. The van der Waals surface area contributed by atoms with E-state index in [-0.39, 0.29) is 30.1 Å². The Labute approximate surface area is 169 Å². The van der Waals surface area contributed by atoms with Crippen LogP contribution in [0.4, 0.5) is 13.6 Å². The Bertz CT molecular complexity index is 623. The summed E-state index contributed by atoms with van der Waals surface area (Å²) in [6.45, 7) is 5.03. The zero-order valence-corrected chi connectivity index (χ0v) is 17.3. The maximum Gasteiger partial charge on any atom is 0.409 e. The normalized spacial score (nSPS) is 14.7. The van der Waals surface area contributed by atoms with Crippen molar-refractivity contribution in [1.82, 2.24) is 15.1 Å². The van der Waals surface area contributed by atoms with E-state index in [1.54, 1.807) is 18.9 Å². The van der Waals surface area contributed by atoms with Gasteiger partial charge >= 0.3 is 6.09 Å². The topological polar surface area (TPSA) is 57.2 Å². The molecular formula is C17H25F2IN4O2. The SMILES string of the molecule is CCOC(=O)N1CCN(C(=NC)NCCc2ccc(F)cc2F)CC1.I. The molecule has 0 aromatic heterocycles. The lowest BCUT2D eigenvalue weighted by atomic mass is 10.1. The molecule has 1 N–H and O–H groups in total. The van der Waals surface area contributed by atoms with Crippen LogP contribution < -0.4 is 5.32 Å². The number of carbonyl (C=O) groups is 1. The van der Waals surface area contributed by atoms with E-state index in [1.165, 1.54) is 12.1 Å². The van der Waals surface area contributed by atoms with Gasteiger partial charge in [0.1, 0.15) is 11.6 Å². The van der Waals surface area contributed by atoms with Crippen molar-refractivity contribution in [1.29, 1.82) is 0 Å². The summed E-state index contributed by atoms with van der Waals surface area (Å²) in [6, 6.07) is 3.59. The molecule has 1 aromatic carbocycles. The number of hydrogen-bond donors (Lipinski definition) is 1. The molecule has 0 aliphatic carbocycles. The predicted octanol–water partition coefficient (Wildman–Crippen LogP) is 2.47. The molecule has 6 nitrogen and oxygen atoms in total. The second kappa shape index (κ2) is 11.1. The number of amides is 1. The number of ether oxygens (including phenoxy) is 1. The first-order valence-corrected chi connectivity index (χ1v) is 8.36. The van der Waals surface area contributed by atoms with E-state index in [0.717, 1.165) is 6.07 Å². The number of piperazine rings is 1. The van der Waals surface area contributed by atoms with Gasteiger partial charge in [0.15, 0.2) is 5.96 Å². The van der Waals surface area contributed by atoms with Crippen LogP contribution in [0.3, 0.4) is 0 Å². The largest absolute Gasteiger partial charge is 0.450 e. The van der Waals surface area contributed by atoms with Gasteiger partial charge in [0.2, 0.25) is 0 Å². The summed E-state index contributed by atoms with van der Waals surface area (Å²) in [5, 5.41) is 3.18. The maximum atomic E-state index is 13.6. The number of guanidine groups is 1. The number of benzene rings is 1. The minimum atomic E-state index is -0.579. The molecule has 2 rings (SSSR count). The van der Waals surface area contributed by atoms with Crippen LogP contribution in [0.25, 0.3) is 0 Å². The molecule has 26 heavy (non-hydrogen) atoms. The summed E-state index contributed by atoms with van der Waals surface area (Å²) >= 11 is 0. The summed E-state index contributed by atoms with van der Waals surface area (Å²) in [5.41, 5.74) is 0.455. The van der Waals surface area contributed by atoms with Crippen molar-refractivity contribution in [2.24, 2.45) is 4.99 Å². The van der Waals surface area contributed by atoms with Crippen LogP contribution in [0.2, 0.25) is 0 Å². The molecular weight excluding hydrogens is 457 g/mol. The van der Waals surface area contributed by atoms with Gasteiger partial charge in [-0.1, -0.05) is 6.07 Å². The quantitative estimate of drug-likeness (QED) is 0.407. The highest BCUT2D eigenvalue weighted by molar-refractivity contribution is 14.0. The van der Waals surface area contributed by atoms with Gasteiger partial charge < -0.3 is 19.9 Å². The van der Waals surface area contributed by atoms with E-state index in [2.05, 4.69) is 10.3 Å². The Kier molecular flexibility index (Phi) is 9.60. The van der Waals surface area contributed by atoms with Crippen LogP contribution >= 0.6 is 24.0 Å². The Balaban J connectivity index is 0.00000338. The van der Waals surface area contributed by atoms with Crippen LogP contribution in [-0.2, 0) is 11.2 Å². The van der Waals surface area contributed by atoms with E-state index in [9.17, 15) is 13.6 Å². The number of hydrogen-bond acceptors (Lipinski definition) is 3. The number of nitrogens with zero attached hydrogens (tertiary/aromatic N) is 3. The first-order valence-electron chi connectivity index (χ1n) is 8.36. The fraction of sp³-hybridized carbons (Fsp3) is 0.529. The molecule has 0 saturated carbocycles. The van der Waals surface area contributed by atoms with Crippen LogP contribution in [0.5, 0.6) is 0 Å². The predicted molar refractivity (Wildman–Crippen MR) is 107 cm³/mol. The molecule has 0 unspecified atom stereocenters. The van der Waals surface area contributed by atoms with Crippen molar-refractivity contribution >= 4 is 36.0 Å². The molecule has 1 saturated heterocycles. The van der Waals surface area contributed by atoms with Gasteiger partial charge in [-0.15, -0.1) is 24.0 Å². The minimum Gasteiger partial charge on any atom is -0.450 e. The molecule has 1 fully saturated rings. The molecule has 0 spiro atoms. The van der Waals surface area contributed by atoms with Crippen LogP contribution in [0, 0.1) is 11.6 Å². The van der Waals surface area contributed by atoms with E-state index in [0.29, 0.717) is 57.3 Å². The first-order chi connectivity index (χ1) is 12.0. The maximum absolute atomic E-state index is 13.6. The Hall–Kier alpha value is -1.65. The van der Waals surface area contributed by atoms with E-state index >= 15 is 0 Å². The van der Waals surface area contributed by atoms with Gasteiger partial charge in [0.25, 0.3) is 0 Å². The lowest BCUT2D eigenvalue weighted by Crippen LogP contribution is -2.54. The van der Waals surface area contributed by atoms with Gasteiger partial charge in [-0.3, -0.25) is 4.99 Å². The van der Waals surface area contributed by atoms with Crippen LogP contribution in [0.1, 0.15) is 12.5 Å². The molecule has 9 heteroatoms. The highest BCUT2D eigenvalue weighted by Gasteiger charge is 2.23. The lowest BCUT2D eigenvalue weighted by molar-refractivity contribution is 0.0915. The van der Waals surface area contributed by atoms with E-state index in [4.69, 9.17) is 4.74 Å². The number of aliphatic imine (C=N–C) groups is 1. The van der Waals surface area contributed by atoms with Crippen molar-refractivity contribution < 1.29 is 18.3 Å². The van der Waals surface area contributed by atoms with Crippen LogP contribution in [-0.4, -0.2) is 68.2 Å². The molecule has 0 atom stereocenters. The molecule has 1 aromatic rings. The number of nitrogens with one attached hydrogen (secondary N) is 1. The third-order valence-corrected chi connectivity index (χ3v) is 4.01. The van der Waals surface area contributed by atoms with Crippen molar-refractivity contribution in [2.75, 3.05) is 46.4 Å².